The van der Waals surface area contributed by atoms with Crippen LogP contribution in [0.3, 0.4) is 0 Å². The molecular formula is C9H11N3O2. The maximum atomic E-state index is 11.5. The molecule has 2 rings (SSSR count). The summed E-state index contributed by atoms with van der Waals surface area (Å²) in [5.41, 5.74) is 0.897. The van der Waals surface area contributed by atoms with E-state index in [2.05, 4.69) is 9.97 Å². The molecule has 14 heavy (non-hydrogen) atoms. The van der Waals surface area contributed by atoms with Crippen LogP contribution in [0.1, 0.15) is 5.56 Å². The van der Waals surface area contributed by atoms with Crippen LogP contribution >= 0.6 is 0 Å². The minimum absolute atomic E-state index is 0.0672. The summed E-state index contributed by atoms with van der Waals surface area (Å²) in [5.74, 6) is 0.791. The van der Waals surface area contributed by atoms with E-state index in [0.717, 1.165) is 11.4 Å². The predicted molar refractivity (Wildman–Crippen MR) is 50.0 cm³/mol. The van der Waals surface area contributed by atoms with Gasteiger partial charge in [0.1, 0.15) is 12.1 Å². The summed E-state index contributed by atoms with van der Waals surface area (Å²) in [6, 6.07) is 0. The van der Waals surface area contributed by atoms with Crippen LogP contribution in [0.5, 0.6) is 0 Å². The van der Waals surface area contributed by atoms with Crippen molar-refractivity contribution < 1.29 is 9.53 Å². The summed E-state index contributed by atoms with van der Waals surface area (Å²) in [6.07, 6.45) is 3.55. The van der Waals surface area contributed by atoms with Crippen LogP contribution < -0.4 is 4.90 Å². The molecule has 0 aliphatic carbocycles. The number of anilines is 1. The highest BCUT2D eigenvalue weighted by Gasteiger charge is 2.27. The average Bonchev–Trinajstić information content (AvgIpc) is 2.51. The lowest BCUT2D eigenvalue weighted by atomic mass is 10.3. The summed E-state index contributed by atoms with van der Waals surface area (Å²) in [5, 5.41) is 0. The third kappa shape index (κ3) is 1.46. The van der Waals surface area contributed by atoms with Gasteiger partial charge in [-0.05, 0) is 0 Å². The van der Waals surface area contributed by atoms with E-state index in [9.17, 15) is 4.79 Å². The Bertz CT molecular complexity index is 354. The second-order valence-electron chi connectivity index (χ2n) is 3.09. The maximum absolute atomic E-state index is 11.5. The molecule has 0 unspecified atom stereocenters. The first-order valence-corrected chi connectivity index (χ1v) is 4.41. The Hall–Kier alpha value is -1.49. The molecule has 1 amide bonds. The molecule has 5 nitrogen and oxygen atoms in total. The number of amides is 1. The fourth-order valence-electron chi connectivity index (χ4n) is 1.51. The van der Waals surface area contributed by atoms with Gasteiger partial charge >= 0.3 is 0 Å². The number of fused-ring (bicyclic) bond motifs is 1. The van der Waals surface area contributed by atoms with Crippen molar-refractivity contribution >= 4 is 11.7 Å². The minimum Gasteiger partial charge on any atom is -0.383 e. The van der Waals surface area contributed by atoms with E-state index in [1.807, 2.05) is 0 Å². The van der Waals surface area contributed by atoms with Gasteiger partial charge in [-0.25, -0.2) is 9.97 Å². The Morgan fingerprint density at radius 3 is 3.29 bits per heavy atom. The smallest absolute Gasteiger partial charge is 0.232 e. The quantitative estimate of drug-likeness (QED) is 0.678. The molecule has 1 aliphatic heterocycles. The normalized spacial score (nSPS) is 14.6. The van der Waals surface area contributed by atoms with Crippen LogP contribution in [0.2, 0.25) is 0 Å². The second-order valence-corrected chi connectivity index (χ2v) is 3.09. The summed E-state index contributed by atoms with van der Waals surface area (Å²) in [7, 11) is 1.61. The molecule has 0 saturated heterocycles. The van der Waals surface area contributed by atoms with Crippen LogP contribution in [0.25, 0.3) is 0 Å². The van der Waals surface area contributed by atoms with Gasteiger partial charge in [0, 0.05) is 18.9 Å². The van der Waals surface area contributed by atoms with Crippen molar-refractivity contribution in [3.05, 3.63) is 18.1 Å². The fourth-order valence-corrected chi connectivity index (χ4v) is 1.51. The first-order chi connectivity index (χ1) is 6.83. The third-order valence-electron chi connectivity index (χ3n) is 2.18. The van der Waals surface area contributed by atoms with Gasteiger partial charge in [-0.1, -0.05) is 0 Å². The molecule has 1 aromatic rings. The zero-order valence-electron chi connectivity index (χ0n) is 7.93. The molecule has 0 bridgehead atoms. The molecule has 5 heteroatoms. The largest absolute Gasteiger partial charge is 0.383 e. The summed E-state index contributed by atoms with van der Waals surface area (Å²) >= 11 is 0. The number of methoxy groups -OCH3 is 1. The van der Waals surface area contributed by atoms with E-state index >= 15 is 0 Å². The number of ether oxygens (including phenoxy) is 1. The Labute approximate surface area is 81.7 Å². The van der Waals surface area contributed by atoms with Crippen molar-refractivity contribution in [1.82, 2.24) is 9.97 Å². The number of carbonyl (C=O) groups excluding carboxylic acids is 1. The SMILES string of the molecule is COCCN1C(=O)Cc2cncnc21. The molecule has 0 radical (unpaired) electrons. The van der Waals surface area contributed by atoms with Crippen LogP contribution in [0.4, 0.5) is 5.82 Å². The van der Waals surface area contributed by atoms with E-state index in [4.69, 9.17) is 4.74 Å². The zero-order chi connectivity index (χ0) is 9.97. The van der Waals surface area contributed by atoms with E-state index in [0.29, 0.717) is 19.6 Å². The molecule has 2 heterocycles. The van der Waals surface area contributed by atoms with Crippen molar-refractivity contribution in [2.75, 3.05) is 25.2 Å². The topological polar surface area (TPSA) is 55.3 Å². The van der Waals surface area contributed by atoms with Crippen LogP contribution in [0.15, 0.2) is 12.5 Å². The summed E-state index contributed by atoms with van der Waals surface area (Å²) < 4.78 is 4.93. The average molecular weight is 193 g/mol. The van der Waals surface area contributed by atoms with Gasteiger partial charge < -0.3 is 4.74 Å². The Morgan fingerprint density at radius 2 is 2.50 bits per heavy atom. The first kappa shape index (κ1) is 9.08. The third-order valence-corrected chi connectivity index (χ3v) is 2.18. The van der Waals surface area contributed by atoms with Gasteiger partial charge in [-0.2, -0.15) is 0 Å². The Kier molecular flexibility index (Phi) is 2.41. The number of hydrogen-bond donors (Lipinski definition) is 0. The van der Waals surface area contributed by atoms with Gasteiger partial charge in [0.15, 0.2) is 0 Å². The highest BCUT2D eigenvalue weighted by atomic mass is 16.5. The van der Waals surface area contributed by atoms with Crippen molar-refractivity contribution in [3.8, 4) is 0 Å². The van der Waals surface area contributed by atoms with Gasteiger partial charge in [0.25, 0.3) is 0 Å². The Morgan fingerprint density at radius 1 is 1.64 bits per heavy atom. The van der Waals surface area contributed by atoms with Gasteiger partial charge in [0.05, 0.1) is 19.6 Å². The van der Waals surface area contributed by atoms with E-state index < -0.39 is 0 Å². The molecule has 1 aliphatic rings. The molecule has 0 aromatic carbocycles. The van der Waals surface area contributed by atoms with Gasteiger partial charge in [-0.3, -0.25) is 9.69 Å². The standard InChI is InChI=1S/C9H11N3O2/c1-14-3-2-12-8(13)4-7-5-10-6-11-9(7)12/h5-6H,2-4H2,1H3. The lowest BCUT2D eigenvalue weighted by Gasteiger charge is -2.14. The van der Waals surface area contributed by atoms with Gasteiger partial charge in [0.2, 0.25) is 5.91 Å². The lowest BCUT2D eigenvalue weighted by Crippen LogP contribution is -2.30. The number of aromatic nitrogens is 2. The molecule has 0 spiro atoms. The number of rotatable bonds is 3. The van der Waals surface area contributed by atoms with Crippen molar-refractivity contribution in [2.24, 2.45) is 0 Å². The molecular weight excluding hydrogens is 182 g/mol. The predicted octanol–water partition coefficient (Wildman–Crippen LogP) is 0.0121. The van der Waals surface area contributed by atoms with Crippen LogP contribution in [-0.4, -0.2) is 36.1 Å². The number of carbonyl (C=O) groups is 1. The van der Waals surface area contributed by atoms with Crippen LogP contribution in [-0.2, 0) is 16.0 Å². The molecule has 0 N–H and O–H groups in total. The highest BCUT2D eigenvalue weighted by Crippen LogP contribution is 2.24. The zero-order valence-corrected chi connectivity index (χ0v) is 7.93. The van der Waals surface area contributed by atoms with Gasteiger partial charge in [-0.15, -0.1) is 0 Å². The van der Waals surface area contributed by atoms with E-state index in [1.165, 1.54) is 6.33 Å². The van der Waals surface area contributed by atoms with E-state index in [1.54, 1.807) is 18.2 Å². The summed E-state index contributed by atoms with van der Waals surface area (Å²) in [4.78, 5) is 21.1. The van der Waals surface area contributed by atoms with Crippen LogP contribution in [0, 0.1) is 0 Å². The fraction of sp³-hybridized carbons (Fsp3) is 0.444. The number of nitrogens with zero attached hydrogens (tertiary/aromatic N) is 3. The highest BCUT2D eigenvalue weighted by molar-refractivity contribution is 5.99. The van der Waals surface area contributed by atoms with Crippen molar-refractivity contribution in [3.63, 3.8) is 0 Å². The summed E-state index contributed by atoms with van der Waals surface area (Å²) in [6.45, 7) is 1.08. The second kappa shape index (κ2) is 3.71. The Balaban J connectivity index is 2.21. The molecule has 74 valence electrons. The maximum Gasteiger partial charge on any atom is 0.232 e. The van der Waals surface area contributed by atoms with Crippen molar-refractivity contribution in [1.29, 1.82) is 0 Å². The number of hydrogen-bond acceptors (Lipinski definition) is 4. The monoisotopic (exact) mass is 193 g/mol. The minimum atomic E-state index is 0.0672. The molecule has 0 saturated carbocycles. The molecule has 0 fully saturated rings. The lowest BCUT2D eigenvalue weighted by molar-refractivity contribution is -0.117. The van der Waals surface area contributed by atoms with E-state index in [-0.39, 0.29) is 5.91 Å². The molecule has 1 aromatic heterocycles. The first-order valence-electron chi connectivity index (χ1n) is 4.41. The van der Waals surface area contributed by atoms with Crippen molar-refractivity contribution in [2.45, 2.75) is 6.42 Å². The molecule has 0 atom stereocenters.